The summed E-state index contributed by atoms with van der Waals surface area (Å²) in [6.07, 6.45) is 2.91. The molecule has 0 radical (unpaired) electrons. The van der Waals surface area contributed by atoms with Crippen molar-refractivity contribution >= 4 is 5.91 Å². The summed E-state index contributed by atoms with van der Waals surface area (Å²) in [5, 5.41) is 6.08. The van der Waals surface area contributed by atoms with Crippen LogP contribution in [0.4, 0.5) is 0 Å². The molecule has 1 rings (SSSR count). The lowest BCUT2D eigenvalue weighted by atomic mass is 10.2. The van der Waals surface area contributed by atoms with Crippen LogP contribution in [-0.4, -0.2) is 38.3 Å². The maximum Gasteiger partial charge on any atom is 0.222 e. The molecule has 4 nitrogen and oxygen atoms in total. The summed E-state index contributed by atoms with van der Waals surface area (Å²) in [5.74, 6) is 0.0758. The first kappa shape index (κ1) is 11.5. The van der Waals surface area contributed by atoms with E-state index in [0.29, 0.717) is 25.6 Å². The summed E-state index contributed by atoms with van der Waals surface area (Å²) in [6.45, 7) is 4.98. The SMILES string of the molecule is CCNC(=O)CCOCC1CCCN1. The van der Waals surface area contributed by atoms with Gasteiger partial charge in [-0.3, -0.25) is 4.79 Å². The zero-order chi connectivity index (χ0) is 10.2. The minimum atomic E-state index is 0.0758. The third kappa shape index (κ3) is 4.58. The van der Waals surface area contributed by atoms with Crippen LogP contribution in [0, 0.1) is 0 Å². The molecule has 1 aliphatic heterocycles. The summed E-state index contributed by atoms with van der Waals surface area (Å²) < 4.78 is 5.41. The molecule has 0 aromatic rings. The van der Waals surface area contributed by atoms with Crippen molar-refractivity contribution < 1.29 is 9.53 Å². The number of carbonyl (C=O) groups is 1. The first-order valence-corrected chi connectivity index (χ1v) is 5.40. The van der Waals surface area contributed by atoms with Crippen LogP contribution in [0.3, 0.4) is 0 Å². The molecule has 0 aromatic heterocycles. The molecule has 0 aromatic carbocycles. The van der Waals surface area contributed by atoms with Crippen molar-refractivity contribution in [3.63, 3.8) is 0 Å². The van der Waals surface area contributed by atoms with Crippen LogP contribution < -0.4 is 10.6 Å². The van der Waals surface area contributed by atoms with Crippen molar-refractivity contribution in [1.29, 1.82) is 0 Å². The highest BCUT2D eigenvalue weighted by Gasteiger charge is 2.13. The van der Waals surface area contributed by atoms with Gasteiger partial charge in [0, 0.05) is 19.0 Å². The van der Waals surface area contributed by atoms with E-state index >= 15 is 0 Å². The van der Waals surface area contributed by atoms with Gasteiger partial charge < -0.3 is 15.4 Å². The number of nitrogens with one attached hydrogen (secondary N) is 2. The maximum absolute atomic E-state index is 11.0. The largest absolute Gasteiger partial charge is 0.379 e. The highest BCUT2D eigenvalue weighted by atomic mass is 16.5. The van der Waals surface area contributed by atoms with E-state index in [4.69, 9.17) is 4.74 Å². The molecule has 0 aliphatic carbocycles. The predicted octanol–water partition coefficient (Wildman–Crippen LogP) is 0.281. The number of rotatable bonds is 6. The fraction of sp³-hybridized carbons (Fsp3) is 0.900. The number of amides is 1. The minimum Gasteiger partial charge on any atom is -0.379 e. The van der Waals surface area contributed by atoms with Gasteiger partial charge in [-0.15, -0.1) is 0 Å². The second kappa shape index (κ2) is 6.79. The highest BCUT2D eigenvalue weighted by Crippen LogP contribution is 2.04. The molecule has 1 heterocycles. The summed E-state index contributed by atoms with van der Waals surface area (Å²) >= 11 is 0. The van der Waals surface area contributed by atoms with Gasteiger partial charge in [-0.1, -0.05) is 0 Å². The van der Waals surface area contributed by atoms with Gasteiger partial charge in [0.1, 0.15) is 0 Å². The average molecular weight is 200 g/mol. The van der Waals surface area contributed by atoms with Crippen LogP contribution in [0.5, 0.6) is 0 Å². The number of hydrogen-bond donors (Lipinski definition) is 2. The zero-order valence-corrected chi connectivity index (χ0v) is 8.84. The Labute approximate surface area is 85.4 Å². The Balaban J connectivity index is 1.90. The van der Waals surface area contributed by atoms with E-state index in [9.17, 15) is 4.79 Å². The van der Waals surface area contributed by atoms with Gasteiger partial charge >= 0.3 is 0 Å². The Morgan fingerprint density at radius 1 is 1.64 bits per heavy atom. The van der Waals surface area contributed by atoms with Gasteiger partial charge in [0.15, 0.2) is 0 Å². The second-order valence-corrected chi connectivity index (χ2v) is 3.57. The van der Waals surface area contributed by atoms with Crippen LogP contribution in [0.25, 0.3) is 0 Å². The van der Waals surface area contributed by atoms with Gasteiger partial charge in [-0.2, -0.15) is 0 Å². The molecule has 1 aliphatic rings. The van der Waals surface area contributed by atoms with Crippen molar-refractivity contribution in [2.24, 2.45) is 0 Å². The van der Waals surface area contributed by atoms with Gasteiger partial charge in [-0.25, -0.2) is 0 Å². The molecule has 0 spiro atoms. The summed E-state index contributed by atoms with van der Waals surface area (Å²) in [5.41, 5.74) is 0. The number of hydrogen-bond acceptors (Lipinski definition) is 3. The van der Waals surface area contributed by atoms with E-state index in [1.54, 1.807) is 0 Å². The van der Waals surface area contributed by atoms with Crippen molar-refractivity contribution in [2.75, 3.05) is 26.3 Å². The summed E-state index contributed by atoms with van der Waals surface area (Å²) in [7, 11) is 0. The second-order valence-electron chi connectivity index (χ2n) is 3.57. The van der Waals surface area contributed by atoms with Gasteiger partial charge in [0.25, 0.3) is 0 Å². The average Bonchev–Trinajstić information content (AvgIpc) is 2.65. The van der Waals surface area contributed by atoms with Gasteiger partial charge in [-0.05, 0) is 26.3 Å². The van der Waals surface area contributed by atoms with Crippen LogP contribution in [-0.2, 0) is 9.53 Å². The van der Waals surface area contributed by atoms with Crippen LogP contribution in [0.1, 0.15) is 26.2 Å². The normalized spacial score (nSPS) is 21.1. The molecule has 0 bridgehead atoms. The maximum atomic E-state index is 11.0. The Hall–Kier alpha value is -0.610. The first-order valence-electron chi connectivity index (χ1n) is 5.40. The smallest absolute Gasteiger partial charge is 0.222 e. The molecule has 4 heteroatoms. The molecule has 2 N–H and O–H groups in total. The fourth-order valence-electron chi connectivity index (χ4n) is 1.57. The zero-order valence-electron chi connectivity index (χ0n) is 8.84. The lowest BCUT2D eigenvalue weighted by molar-refractivity contribution is -0.122. The third-order valence-corrected chi connectivity index (χ3v) is 2.33. The standard InChI is InChI=1S/C10H20N2O2/c1-2-11-10(13)5-7-14-8-9-4-3-6-12-9/h9,12H,2-8H2,1H3,(H,11,13). The quantitative estimate of drug-likeness (QED) is 0.606. The Morgan fingerprint density at radius 2 is 2.50 bits per heavy atom. The van der Waals surface area contributed by atoms with Gasteiger partial charge in [0.05, 0.1) is 13.2 Å². The Bertz CT molecular complexity index is 168. The van der Waals surface area contributed by atoms with Crippen LogP contribution >= 0.6 is 0 Å². The van der Waals surface area contributed by atoms with E-state index in [-0.39, 0.29) is 5.91 Å². The Kier molecular flexibility index (Phi) is 5.56. The third-order valence-electron chi connectivity index (χ3n) is 2.33. The van der Waals surface area contributed by atoms with E-state index in [2.05, 4.69) is 10.6 Å². The van der Waals surface area contributed by atoms with E-state index < -0.39 is 0 Å². The monoisotopic (exact) mass is 200 g/mol. The molecular weight excluding hydrogens is 180 g/mol. The van der Waals surface area contributed by atoms with E-state index in [1.807, 2.05) is 6.92 Å². The molecule has 82 valence electrons. The molecule has 14 heavy (non-hydrogen) atoms. The molecule has 1 fully saturated rings. The molecule has 1 saturated heterocycles. The molecular formula is C10H20N2O2. The molecule has 1 atom stereocenters. The van der Waals surface area contributed by atoms with Crippen molar-refractivity contribution in [3.8, 4) is 0 Å². The predicted molar refractivity (Wildman–Crippen MR) is 55.1 cm³/mol. The van der Waals surface area contributed by atoms with Crippen molar-refractivity contribution in [1.82, 2.24) is 10.6 Å². The van der Waals surface area contributed by atoms with E-state index in [1.165, 1.54) is 12.8 Å². The number of ether oxygens (including phenoxy) is 1. The summed E-state index contributed by atoms with van der Waals surface area (Å²) in [6, 6.07) is 0.504. The number of carbonyl (C=O) groups excluding carboxylic acids is 1. The van der Waals surface area contributed by atoms with E-state index in [0.717, 1.165) is 13.2 Å². The topological polar surface area (TPSA) is 50.4 Å². The lowest BCUT2D eigenvalue weighted by Gasteiger charge is -2.10. The van der Waals surface area contributed by atoms with Crippen molar-refractivity contribution in [3.05, 3.63) is 0 Å². The van der Waals surface area contributed by atoms with Crippen LogP contribution in [0.15, 0.2) is 0 Å². The summed E-state index contributed by atoms with van der Waals surface area (Å²) in [4.78, 5) is 11.0. The van der Waals surface area contributed by atoms with Gasteiger partial charge in [0.2, 0.25) is 5.91 Å². The van der Waals surface area contributed by atoms with Crippen molar-refractivity contribution in [2.45, 2.75) is 32.2 Å². The molecule has 0 saturated carbocycles. The first-order chi connectivity index (χ1) is 6.83. The minimum absolute atomic E-state index is 0.0758. The molecule has 1 unspecified atom stereocenters. The van der Waals surface area contributed by atoms with Crippen LogP contribution in [0.2, 0.25) is 0 Å². The lowest BCUT2D eigenvalue weighted by Crippen LogP contribution is -2.28. The highest BCUT2D eigenvalue weighted by molar-refractivity contribution is 5.75. The fourth-order valence-corrected chi connectivity index (χ4v) is 1.57. The Morgan fingerprint density at radius 3 is 3.14 bits per heavy atom. The molecule has 1 amide bonds.